The SMILES string of the molecule is CCC(C)C(N)C(=O)NC(CCC(=O)O)C(=O)NC(CC(N)=O)C(=O)NC(CCSC)C(=O)O. The second-order valence-electron chi connectivity index (χ2n) is 7.82. The minimum atomic E-state index is -1.53. The van der Waals surface area contributed by atoms with Crippen LogP contribution in [0, 0.1) is 5.92 Å². The molecule has 14 heteroatoms. The lowest BCUT2D eigenvalue weighted by molar-refractivity contribution is -0.142. The molecule has 0 saturated heterocycles. The molecule has 0 radical (unpaired) electrons. The van der Waals surface area contributed by atoms with Gasteiger partial charge in [-0.2, -0.15) is 11.8 Å². The van der Waals surface area contributed by atoms with E-state index in [1.54, 1.807) is 13.2 Å². The molecule has 0 fully saturated rings. The standard InChI is InChI=1S/C20H35N5O8S/c1-4-10(2)16(22)19(31)23-11(5-6-15(27)28)17(29)25-13(9-14(21)26)18(30)24-12(20(32)33)7-8-34-3/h10-13,16H,4-9,22H2,1-3H3,(H2,21,26)(H,23,31)(H,24,30)(H,25,29)(H,27,28)(H,32,33). The fourth-order valence-electron chi connectivity index (χ4n) is 2.77. The largest absolute Gasteiger partial charge is 0.481 e. The average Bonchev–Trinajstić information content (AvgIpc) is 2.76. The van der Waals surface area contributed by atoms with Gasteiger partial charge in [-0.05, 0) is 30.8 Å². The molecule has 9 N–H and O–H groups in total. The highest BCUT2D eigenvalue weighted by molar-refractivity contribution is 7.98. The van der Waals surface area contributed by atoms with Crippen molar-refractivity contribution >= 4 is 47.3 Å². The smallest absolute Gasteiger partial charge is 0.326 e. The van der Waals surface area contributed by atoms with Crippen molar-refractivity contribution < 1.29 is 39.0 Å². The zero-order valence-corrected chi connectivity index (χ0v) is 20.4. The number of rotatable bonds is 17. The Balaban J connectivity index is 5.58. The molecule has 5 atom stereocenters. The van der Waals surface area contributed by atoms with Crippen LogP contribution >= 0.6 is 11.8 Å². The minimum Gasteiger partial charge on any atom is -0.481 e. The lowest BCUT2D eigenvalue weighted by atomic mass is 9.98. The maximum atomic E-state index is 12.8. The number of aliphatic carboxylic acids is 2. The van der Waals surface area contributed by atoms with Crippen molar-refractivity contribution in [1.82, 2.24) is 16.0 Å². The third-order valence-electron chi connectivity index (χ3n) is 5.10. The number of amides is 4. The van der Waals surface area contributed by atoms with E-state index in [1.807, 2.05) is 6.92 Å². The van der Waals surface area contributed by atoms with Gasteiger partial charge in [0, 0.05) is 6.42 Å². The summed E-state index contributed by atoms with van der Waals surface area (Å²) in [5.74, 6) is -5.82. The van der Waals surface area contributed by atoms with Gasteiger partial charge in [-0.3, -0.25) is 24.0 Å². The van der Waals surface area contributed by atoms with Gasteiger partial charge in [0.25, 0.3) is 0 Å². The predicted octanol–water partition coefficient (Wildman–Crippen LogP) is -1.61. The maximum absolute atomic E-state index is 12.8. The summed E-state index contributed by atoms with van der Waals surface area (Å²) in [7, 11) is 0. The van der Waals surface area contributed by atoms with Gasteiger partial charge in [-0.25, -0.2) is 4.79 Å². The number of primary amides is 1. The quantitative estimate of drug-likeness (QED) is 0.119. The van der Waals surface area contributed by atoms with Crippen LogP contribution in [0.15, 0.2) is 0 Å². The summed E-state index contributed by atoms with van der Waals surface area (Å²) < 4.78 is 0. The van der Waals surface area contributed by atoms with Crippen molar-refractivity contribution in [2.24, 2.45) is 17.4 Å². The molecule has 0 aromatic heterocycles. The van der Waals surface area contributed by atoms with E-state index in [9.17, 15) is 33.9 Å². The van der Waals surface area contributed by atoms with Gasteiger partial charge in [0.2, 0.25) is 23.6 Å². The summed E-state index contributed by atoms with van der Waals surface area (Å²) in [5, 5.41) is 25.2. The van der Waals surface area contributed by atoms with Gasteiger partial charge in [-0.1, -0.05) is 20.3 Å². The molecule has 0 aliphatic heterocycles. The maximum Gasteiger partial charge on any atom is 0.326 e. The Morgan fingerprint density at radius 1 is 0.882 bits per heavy atom. The van der Waals surface area contributed by atoms with Crippen LogP contribution < -0.4 is 27.4 Å². The summed E-state index contributed by atoms with van der Waals surface area (Å²) >= 11 is 1.37. The second-order valence-corrected chi connectivity index (χ2v) is 8.80. The first-order valence-corrected chi connectivity index (χ1v) is 12.1. The molecule has 4 amide bonds. The van der Waals surface area contributed by atoms with Crippen molar-refractivity contribution in [3.8, 4) is 0 Å². The first-order chi connectivity index (χ1) is 15.8. The summed E-state index contributed by atoms with van der Waals surface area (Å²) in [6.07, 6.45) is 1.02. The first kappa shape index (κ1) is 31.1. The van der Waals surface area contributed by atoms with E-state index in [0.717, 1.165) is 0 Å². The molecule has 0 rings (SSSR count). The zero-order chi connectivity index (χ0) is 26.4. The Labute approximate surface area is 202 Å². The molecule has 0 bridgehead atoms. The fraction of sp³-hybridized carbons (Fsp3) is 0.700. The van der Waals surface area contributed by atoms with Gasteiger partial charge in [-0.15, -0.1) is 0 Å². The average molecular weight is 506 g/mol. The third-order valence-corrected chi connectivity index (χ3v) is 5.75. The Morgan fingerprint density at radius 3 is 1.88 bits per heavy atom. The Bertz CT molecular complexity index is 750. The highest BCUT2D eigenvalue weighted by atomic mass is 32.2. The topological polar surface area (TPSA) is 231 Å². The van der Waals surface area contributed by atoms with Crippen molar-refractivity contribution in [2.45, 2.75) is 70.1 Å². The van der Waals surface area contributed by atoms with Crippen LogP contribution in [0.4, 0.5) is 0 Å². The molecule has 0 aliphatic carbocycles. The molecule has 0 spiro atoms. The molecule has 0 saturated carbocycles. The van der Waals surface area contributed by atoms with Gasteiger partial charge in [0.05, 0.1) is 12.5 Å². The zero-order valence-electron chi connectivity index (χ0n) is 19.5. The fourth-order valence-corrected chi connectivity index (χ4v) is 3.24. The Kier molecular flexibility index (Phi) is 14.5. The molecule has 34 heavy (non-hydrogen) atoms. The van der Waals surface area contributed by atoms with E-state index < -0.39 is 72.6 Å². The second kappa shape index (κ2) is 15.9. The van der Waals surface area contributed by atoms with E-state index in [2.05, 4.69) is 16.0 Å². The summed E-state index contributed by atoms with van der Waals surface area (Å²) in [5.41, 5.74) is 11.0. The Morgan fingerprint density at radius 2 is 1.41 bits per heavy atom. The lowest BCUT2D eigenvalue weighted by Gasteiger charge is -2.25. The van der Waals surface area contributed by atoms with E-state index in [4.69, 9.17) is 16.6 Å². The van der Waals surface area contributed by atoms with Crippen molar-refractivity contribution in [3.05, 3.63) is 0 Å². The van der Waals surface area contributed by atoms with Crippen LogP contribution in [0.25, 0.3) is 0 Å². The lowest BCUT2D eigenvalue weighted by Crippen LogP contribution is -2.58. The Hall–Kier alpha value is -2.87. The van der Waals surface area contributed by atoms with Crippen LogP contribution in [0.3, 0.4) is 0 Å². The van der Waals surface area contributed by atoms with E-state index >= 15 is 0 Å². The van der Waals surface area contributed by atoms with Gasteiger partial charge in [0.15, 0.2) is 0 Å². The van der Waals surface area contributed by atoms with Crippen LogP contribution in [0.2, 0.25) is 0 Å². The van der Waals surface area contributed by atoms with E-state index in [1.165, 1.54) is 11.8 Å². The van der Waals surface area contributed by atoms with E-state index in [-0.39, 0.29) is 18.8 Å². The highest BCUT2D eigenvalue weighted by Gasteiger charge is 2.32. The molecule has 0 aliphatic rings. The third kappa shape index (κ3) is 11.8. The monoisotopic (exact) mass is 505 g/mol. The first-order valence-electron chi connectivity index (χ1n) is 10.7. The molecule has 13 nitrogen and oxygen atoms in total. The molecule has 5 unspecified atom stereocenters. The predicted molar refractivity (Wildman–Crippen MR) is 125 cm³/mol. The summed E-state index contributed by atoms with van der Waals surface area (Å²) in [6.45, 7) is 3.56. The highest BCUT2D eigenvalue weighted by Crippen LogP contribution is 2.08. The van der Waals surface area contributed by atoms with E-state index in [0.29, 0.717) is 12.2 Å². The summed E-state index contributed by atoms with van der Waals surface area (Å²) in [6, 6.07) is -5.12. The molecule has 194 valence electrons. The number of carbonyl (C=O) groups is 6. The number of hydrogen-bond donors (Lipinski definition) is 7. The number of nitrogens with one attached hydrogen (secondary N) is 3. The number of nitrogens with two attached hydrogens (primary N) is 2. The van der Waals surface area contributed by atoms with Crippen LogP contribution in [0.1, 0.15) is 46.0 Å². The van der Waals surface area contributed by atoms with Gasteiger partial charge in [0.1, 0.15) is 18.1 Å². The van der Waals surface area contributed by atoms with Crippen LogP contribution in [-0.2, 0) is 28.8 Å². The molecule has 0 heterocycles. The van der Waals surface area contributed by atoms with Crippen molar-refractivity contribution in [3.63, 3.8) is 0 Å². The van der Waals surface area contributed by atoms with Crippen LogP contribution in [-0.4, -0.2) is 82.0 Å². The number of carboxylic acids is 2. The van der Waals surface area contributed by atoms with Gasteiger partial charge >= 0.3 is 11.9 Å². The number of carbonyl (C=O) groups excluding carboxylic acids is 4. The van der Waals surface area contributed by atoms with Crippen molar-refractivity contribution in [1.29, 1.82) is 0 Å². The van der Waals surface area contributed by atoms with Crippen molar-refractivity contribution in [2.75, 3.05) is 12.0 Å². The number of carboxylic acid groups (broad SMARTS) is 2. The summed E-state index contributed by atoms with van der Waals surface area (Å²) in [4.78, 5) is 71.8. The minimum absolute atomic E-state index is 0.101. The molecule has 0 aromatic rings. The van der Waals surface area contributed by atoms with Crippen LogP contribution in [0.5, 0.6) is 0 Å². The number of thioether (sulfide) groups is 1. The van der Waals surface area contributed by atoms with Gasteiger partial charge < -0.3 is 37.6 Å². The normalized spacial score (nSPS) is 15.2. The molecule has 0 aromatic carbocycles. The molecular weight excluding hydrogens is 470 g/mol. The number of hydrogen-bond acceptors (Lipinski definition) is 8. The molecular formula is C20H35N5O8S.